The molecule has 0 aliphatic rings. The lowest BCUT2D eigenvalue weighted by molar-refractivity contribution is 0.269. The van der Waals surface area contributed by atoms with Gasteiger partial charge in [0.1, 0.15) is 17.3 Å². The molecule has 0 saturated heterocycles. The first kappa shape index (κ1) is 19.4. The topological polar surface area (TPSA) is 88.6 Å². The number of H-pyrrole nitrogens is 1. The van der Waals surface area contributed by atoms with Crippen LogP contribution < -0.4 is 20.5 Å². The summed E-state index contributed by atoms with van der Waals surface area (Å²) in [5.41, 5.74) is 4.39. The molecule has 1 aromatic heterocycles. The summed E-state index contributed by atoms with van der Waals surface area (Å²) in [6.45, 7) is 2.86. The molecular weight excluding hydrogens is 380 g/mol. The Morgan fingerprint density at radius 1 is 1.18 bits per heavy atom. The van der Waals surface area contributed by atoms with Gasteiger partial charge in [-0.3, -0.25) is 10.2 Å². The molecule has 0 bridgehead atoms. The zero-order valence-electron chi connectivity index (χ0n) is 15.2. The van der Waals surface area contributed by atoms with Gasteiger partial charge < -0.3 is 9.47 Å². The first-order valence-corrected chi connectivity index (χ1v) is 9.01. The standard InChI is InChI=1S/C20H19ClN4O3/c1-2-27-18-10-15(11-22-24-16-12-23-25-20(26)19(16)21)8-9-17(18)28-13-14-6-4-3-5-7-14/h3-12H,2,13H2,1H3,(H2,24,25,26)/b22-11-. The Kier molecular flexibility index (Phi) is 6.64. The van der Waals surface area contributed by atoms with Gasteiger partial charge in [0.25, 0.3) is 5.56 Å². The minimum atomic E-state index is -0.486. The van der Waals surface area contributed by atoms with Crippen molar-refractivity contribution in [3.8, 4) is 11.5 Å². The Labute approximate surface area is 167 Å². The minimum absolute atomic E-state index is 0.00758. The highest BCUT2D eigenvalue weighted by Crippen LogP contribution is 2.29. The molecule has 0 radical (unpaired) electrons. The first-order chi connectivity index (χ1) is 13.7. The van der Waals surface area contributed by atoms with E-state index in [2.05, 4.69) is 20.7 Å². The quantitative estimate of drug-likeness (QED) is 0.444. The van der Waals surface area contributed by atoms with Gasteiger partial charge in [-0.15, -0.1) is 0 Å². The highest BCUT2D eigenvalue weighted by molar-refractivity contribution is 6.32. The predicted octanol–water partition coefficient (Wildman–Crippen LogP) is 3.85. The lowest BCUT2D eigenvalue weighted by Crippen LogP contribution is -2.10. The van der Waals surface area contributed by atoms with Gasteiger partial charge >= 0.3 is 0 Å². The summed E-state index contributed by atoms with van der Waals surface area (Å²) in [6, 6.07) is 15.4. The summed E-state index contributed by atoms with van der Waals surface area (Å²) in [6.07, 6.45) is 2.97. The molecule has 7 nitrogen and oxygen atoms in total. The van der Waals surface area contributed by atoms with E-state index in [4.69, 9.17) is 21.1 Å². The van der Waals surface area contributed by atoms with Crippen molar-refractivity contribution in [2.45, 2.75) is 13.5 Å². The lowest BCUT2D eigenvalue weighted by atomic mass is 10.2. The maximum Gasteiger partial charge on any atom is 0.285 e. The number of hydrogen-bond donors (Lipinski definition) is 2. The van der Waals surface area contributed by atoms with Crippen LogP contribution >= 0.6 is 11.6 Å². The van der Waals surface area contributed by atoms with E-state index < -0.39 is 5.56 Å². The number of aromatic amines is 1. The number of rotatable bonds is 8. The molecule has 28 heavy (non-hydrogen) atoms. The highest BCUT2D eigenvalue weighted by Gasteiger charge is 2.07. The van der Waals surface area contributed by atoms with Crippen molar-refractivity contribution in [2.75, 3.05) is 12.0 Å². The Balaban J connectivity index is 1.70. The van der Waals surface area contributed by atoms with Crippen LogP contribution in [-0.4, -0.2) is 23.0 Å². The van der Waals surface area contributed by atoms with E-state index in [1.54, 1.807) is 6.21 Å². The van der Waals surface area contributed by atoms with E-state index in [9.17, 15) is 4.79 Å². The molecule has 0 aliphatic carbocycles. The first-order valence-electron chi connectivity index (χ1n) is 8.63. The van der Waals surface area contributed by atoms with Gasteiger partial charge in [0.05, 0.1) is 19.0 Å². The molecule has 3 rings (SSSR count). The predicted molar refractivity (Wildman–Crippen MR) is 109 cm³/mol. The average molecular weight is 399 g/mol. The van der Waals surface area contributed by atoms with Crippen LogP contribution in [0, 0.1) is 0 Å². The van der Waals surface area contributed by atoms with Crippen LogP contribution in [0.3, 0.4) is 0 Å². The molecule has 0 saturated carbocycles. The largest absolute Gasteiger partial charge is 0.490 e. The van der Waals surface area contributed by atoms with E-state index >= 15 is 0 Å². The third-order valence-electron chi connectivity index (χ3n) is 3.70. The fourth-order valence-electron chi connectivity index (χ4n) is 2.37. The number of ether oxygens (including phenoxy) is 2. The second-order valence-corrected chi connectivity index (χ2v) is 6.09. The van der Waals surface area contributed by atoms with Crippen molar-refractivity contribution >= 4 is 23.5 Å². The van der Waals surface area contributed by atoms with Crippen LogP contribution in [-0.2, 0) is 6.61 Å². The molecule has 1 heterocycles. The second-order valence-electron chi connectivity index (χ2n) is 5.71. The molecule has 0 aliphatic heterocycles. The molecule has 2 N–H and O–H groups in total. The number of benzene rings is 2. The normalized spacial score (nSPS) is 10.8. The number of nitrogens with one attached hydrogen (secondary N) is 2. The smallest absolute Gasteiger partial charge is 0.285 e. The van der Waals surface area contributed by atoms with Gasteiger partial charge in [0.2, 0.25) is 0 Å². The average Bonchev–Trinajstić information content (AvgIpc) is 2.71. The molecule has 0 spiro atoms. The Bertz CT molecular complexity index is 1010. The van der Waals surface area contributed by atoms with Crippen LogP contribution in [0.1, 0.15) is 18.1 Å². The van der Waals surface area contributed by atoms with Crippen LogP contribution in [0.4, 0.5) is 5.69 Å². The van der Waals surface area contributed by atoms with Crippen molar-refractivity contribution in [2.24, 2.45) is 5.10 Å². The van der Waals surface area contributed by atoms with E-state index in [-0.39, 0.29) is 5.02 Å². The SMILES string of the molecule is CCOc1cc(/C=N\Nc2cn[nH]c(=O)c2Cl)ccc1OCc1ccccc1. The van der Waals surface area contributed by atoms with E-state index in [0.717, 1.165) is 11.1 Å². The van der Waals surface area contributed by atoms with Crippen LogP contribution in [0.5, 0.6) is 11.5 Å². The number of hydrazone groups is 1. The molecule has 8 heteroatoms. The van der Waals surface area contributed by atoms with Gasteiger partial charge in [-0.2, -0.15) is 10.2 Å². The molecule has 0 amide bonds. The maximum atomic E-state index is 11.4. The fraction of sp³-hybridized carbons (Fsp3) is 0.150. The summed E-state index contributed by atoms with van der Waals surface area (Å²) in [5, 5.41) is 9.99. The van der Waals surface area contributed by atoms with Crippen LogP contribution in [0.15, 0.2) is 64.6 Å². The summed E-state index contributed by atoms with van der Waals surface area (Å²) in [7, 11) is 0. The second kappa shape index (κ2) is 9.57. The molecule has 0 unspecified atom stereocenters. The minimum Gasteiger partial charge on any atom is -0.490 e. The Morgan fingerprint density at radius 3 is 2.79 bits per heavy atom. The van der Waals surface area contributed by atoms with Gasteiger partial charge in [-0.1, -0.05) is 41.9 Å². The summed E-state index contributed by atoms with van der Waals surface area (Å²) in [4.78, 5) is 11.4. The molecule has 2 aromatic carbocycles. The van der Waals surface area contributed by atoms with E-state index in [1.807, 2.05) is 55.5 Å². The van der Waals surface area contributed by atoms with Gasteiger partial charge in [-0.25, -0.2) is 5.10 Å². The van der Waals surface area contributed by atoms with Gasteiger partial charge in [0.15, 0.2) is 11.5 Å². The zero-order chi connectivity index (χ0) is 19.8. The van der Waals surface area contributed by atoms with Crippen molar-refractivity contribution in [3.05, 3.63) is 81.2 Å². The molecule has 3 aromatic rings. The van der Waals surface area contributed by atoms with Crippen LogP contribution in [0.25, 0.3) is 0 Å². The summed E-state index contributed by atoms with van der Waals surface area (Å²) < 4.78 is 11.6. The summed E-state index contributed by atoms with van der Waals surface area (Å²) in [5.74, 6) is 1.27. The zero-order valence-corrected chi connectivity index (χ0v) is 15.9. The van der Waals surface area contributed by atoms with Crippen molar-refractivity contribution in [1.82, 2.24) is 10.2 Å². The number of hydrogen-bond acceptors (Lipinski definition) is 6. The summed E-state index contributed by atoms with van der Waals surface area (Å²) >= 11 is 5.89. The number of nitrogens with zero attached hydrogens (tertiary/aromatic N) is 2. The van der Waals surface area contributed by atoms with Crippen molar-refractivity contribution in [3.63, 3.8) is 0 Å². The van der Waals surface area contributed by atoms with Crippen molar-refractivity contribution < 1.29 is 9.47 Å². The van der Waals surface area contributed by atoms with Gasteiger partial charge in [0, 0.05) is 0 Å². The number of aromatic nitrogens is 2. The lowest BCUT2D eigenvalue weighted by Gasteiger charge is -2.12. The Hall–Kier alpha value is -3.32. The highest BCUT2D eigenvalue weighted by atomic mass is 35.5. The Morgan fingerprint density at radius 2 is 2.00 bits per heavy atom. The van der Waals surface area contributed by atoms with E-state index in [0.29, 0.717) is 30.4 Å². The molecule has 0 fully saturated rings. The third-order valence-corrected chi connectivity index (χ3v) is 4.07. The maximum absolute atomic E-state index is 11.4. The van der Waals surface area contributed by atoms with Crippen LogP contribution in [0.2, 0.25) is 5.02 Å². The number of anilines is 1. The fourth-order valence-corrected chi connectivity index (χ4v) is 2.50. The molecule has 0 atom stereocenters. The van der Waals surface area contributed by atoms with E-state index in [1.165, 1.54) is 6.20 Å². The molecule has 144 valence electrons. The monoisotopic (exact) mass is 398 g/mol. The number of halogens is 1. The van der Waals surface area contributed by atoms with Gasteiger partial charge in [-0.05, 0) is 36.2 Å². The molecular formula is C20H19ClN4O3. The van der Waals surface area contributed by atoms with Crippen molar-refractivity contribution in [1.29, 1.82) is 0 Å². The third kappa shape index (κ3) is 5.11.